The Morgan fingerprint density at radius 1 is 1.33 bits per heavy atom. The van der Waals surface area contributed by atoms with Crippen LogP contribution in [0.4, 0.5) is 0 Å². The highest BCUT2D eigenvalue weighted by molar-refractivity contribution is 8.01. The first-order valence-corrected chi connectivity index (χ1v) is 9.02. The van der Waals surface area contributed by atoms with Gasteiger partial charge in [0.15, 0.2) is 6.61 Å². The van der Waals surface area contributed by atoms with Crippen LogP contribution in [0, 0.1) is 0 Å². The number of carbonyl (C=O) groups is 4. The summed E-state index contributed by atoms with van der Waals surface area (Å²) in [7, 11) is 0. The highest BCUT2D eigenvalue weighted by Gasteiger charge is 2.53. The molecule has 134 valence electrons. The molecule has 2 rings (SSSR count). The van der Waals surface area contributed by atoms with Crippen LogP contribution in [-0.2, 0) is 23.9 Å². The molecule has 0 spiro atoms. The number of ether oxygens (including phenoxy) is 1. The predicted octanol–water partition coefficient (Wildman–Crippen LogP) is -0.374. The molecule has 9 heteroatoms. The largest absolute Gasteiger partial charge is 0.454 e. The highest BCUT2D eigenvalue weighted by Crippen LogP contribution is 2.47. The van der Waals surface area contributed by atoms with Gasteiger partial charge in [0.25, 0.3) is 5.91 Å². The van der Waals surface area contributed by atoms with E-state index >= 15 is 0 Å². The zero-order valence-electron chi connectivity index (χ0n) is 13.9. The second-order valence-electron chi connectivity index (χ2n) is 6.00. The maximum Gasteiger partial charge on any atom is 0.330 e. The Balaban J connectivity index is 1.74. The van der Waals surface area contributed by atoms with E-state index in [2.05, 4.69) is 10.6 Å². The van der Waals surface area contributed by atoms with Gasteiger partial charge in [-0.1, -0.05) is 6.92 Å². The predicted molar refractivity (Wildman–Crippen MR) is 88.0 cm³/mol. The van der Waals surface area contributed by atoms with Crippen LogP contribution in [0.3, 0.4) is 0 Å². The number of thioether (sulfide) groups is 1. The fourth-order valence-electron chi connectivity index (χ4n) is 2.78. The third-order valence-electron chi connectivity index (χ3n) is 4.08. The summed E-state index contributed by atoms with van der Waals surface area (Å²) in [5.41, 5.74) is 0. The number of rotatable bonds is 7. The molecule has 0 unspecified atom stereocenters. The maximum atomic E-state index is 12.2. The number of esters is 1. The zero-order chi connectivity index (χ0) is 17.7. The monoisotopic (exact) mass is 357 g/mol. The topological polar surface area (TPSA) is 105 Å². The van der Waals surface area contributed by atoms with Crippen molar-refractivity contribution in [2.24, 2.45) is 0 Å². The molecule has 2 N–H and O–H groups in total. The average Bonchev–Trinajstić information content (AvgIpc) is 3.05. The van der Waals surface area contributed by atoms with Gasteiger partial charge in [-0.25, -0.2) is 4.79 Å². The first-order chi connectivity index (χ1) is 11.4. The molecule has 2 aliphatic rings. The van der Waals surface area contributed by atoms with E-state index in [9.17, 15) is 19.2 Å². The number of amides is 3. The molecule has 0 aliphatic carbocycles. The molecule has 2 atom stereocenters. The molecule has 0 aromatic heterocycles. The summed E-state index contributed by atoms with van der Waals surface area (Å²) in [6.45, 7) is 3.80. The van der Waals surface area contributed by atoms with Gasteiger partial charge in [-0.3, -0.25) is 14.4 Å². The minimum Gasteiger partial charge on any atom is -0.454 e. The number of nitrogens with one attached hydrogen (secondary N) is 2. The summed E-state index contributed by atoms with van der Waals surface area (Å²) in [5.74, 6) is -0.992. The molecule has 0 saturated carbocycles. The molecule has 2 saturated heterocycles. The fourth-order valence-corrected chi connectivity index (χ4v) is 4.20. The second kappa shape index (κ2) is 7.87. The summed E-state index contributed by atoms with van der Waals surface area (Å²) in [5, 5.41) is 5.01. The van der Waals surface area contributed by atoms with Gasteiger partial charge in [0.05, 0.1) is 11.4 Å². The second-order valence-corrected chi connectivity index (χ2v) is 7.50. The van der Waals surface area contributed by atoms with Crippen molar-refractivity contribution in [3.8, 4) is 0 Å². The molecule has 2 heterocycles. The van der Waals surface area contributed by atoms with E-state index in [0.717, 1.165) is 6.42 Å². The zero-order valence-corrected chi connectivity index (χ0v) is 14.7. The van der Waals surface area contributed by atoms with Crippen LogP contribution in [-0.4, -0.2) is 65.0 Å². The van der Waals surface area contributed by atoms with Gasteiger partial charge >= 0.3 is 5.97 Å². The summed E-state index contributed by atoms with van der Waals surface area (Å²) in [6, 6.07) is -0.643. The Hall–Kier alpha value is -1.77. The van der Waals surface area contributed by atoms with Crippen molar-refractivity contribution < 1.29 is 23.9 Å². The lowest BCUT2D eigenvalue weighted by Gasteiger charge is -2.29. The lowest BCUT2D eigenvalue weighted by atomic mass is 10.2. The first kappa shape index (κ1) is 18.6. The molecule has 0 aromatic carbocycles. The fraction of sp³-hybridized carbons (Fsp3) is 0.733. The van der Waals surface area contributed by atoms with Gasteiger partial charge in [-0.15, -0.1) is 11.8 Å². The van der Waals surface area contributed by atoms with E-state index in [0.29, 0.717) is 25.1 Å². The lowest BCUT2D eigenvalue weighted by Crippen LogP contribution is -2.47. The Kier molecular flexibility index (Phi) is 6.09. The molecule has 3 amide bonds. The Labute approximate surface area is 145 Å². The number of fused-ring (bicyclic) bond motifs is 1. The molecule has 0 radical (unpaired) electrons. The van der Waals surface area contributed by atoms with Crippen molar-refractivity contribution in [2.45, 2.75) is 44.0 Å². The smallest absolute Gasteiger partial charge is 0.330 e. The molecule has 0 bridgehead atoms. The van der Waals surface area contributed by atoms with Crippen LogP contribution in [0.5, 0.6) is 0 Å². The first-order valence-electron chi connectivity index (χ1n) is 8.03. The van der Waals surface area contributed by atoms with E-state index < -0.39 is 24.5 Å². The molecular formula is C15H23N3O5S. The minimum atomic E-state index is -0.643. The highest BCUT2D eigenvalue weighted by atomic mass is 32.2. The van der Waals surface area contributed by atoms with Crippen molar-refractivity contribution >= 4 is 35.5 Å². The van der Waals surface area contributed by atoms with Crippen LogP contribution >= 0.6 is 11.8 Å². The van der Waals surface area contributed by atoms with Crippen molar-refractivity contribution in [1.82, 2.24) is 15.5 Å². The Morgan fingerprint density at radius 3 is 2.79 bits per heavy atom. The molecule has 2 fully saturated rings. The van der Waals surface area contributed by atoms with E-state index in [1.54, 1.807) is 16.7 Å². The van der Waals surface area contributed by atoms with Crippen LogP contribution in [0.1, 0.15) is 33.1 Å². The third-order valence-corrected chi connectivity index (χ3v) is 5.59. The molecule has 8 nitrogen and oxygen atoms in total. The lowest BCUT2D eigenvalue weighted by molar-refractivity contribution is -0.156. The van der Waals surface area contributed by atoms with Gasteiger partial charge < -0.3 is 20.3 Å². The van der Waals surface area contributed by atoms with Crippen molar-refractivity contribution in [2.75, 3.05) is 25.4 Å². The number of nitrogens with zero attached hydrogens (tertiary/aromatic N) is 1. The van der Waals surface area contributed by atoms with E-state index in [-0.39, 0.29) is 23.2 Å². The number of carbonyl (C=O) groups excluding carboxylic acids is 4. The molecular weight excluding hydrogens is 334 g/mol. The summed E-state index contributed by atoms with van der Waals surface area (Å²) < 4.78 is 5.01. The summed E-state index contributed by atoms with van der Waals surface area (Å²) in [4.78, 5) is 48.4. The summed E-state index contributed by atoms with van der Waals surface area (Å²) in [6.07, 6.45) is 1.96. The quantitative estimate of drug-likeness (QED) is 0.602. The van der Waals surface area contributed by atoms with Crippen LogP contribution < -0.4 is 10.6 Å². The van der Waals surface area contributed by atoms with Gasteiger partial charge in [0.1, 0.15) is 6.04 Å². The number of hydrogen-bond acceptors (Lipinski definition) is 6. The van der Waals surface area contributed by atoms with Gasteiger partial charge in [-0.05, 0) is 19.8 Å². The van der Waals surface area contributed by atoms with Gasteiger partial charge in [0, 0.05) is 18.7 Å². The standard InChI is InChI=1S/C15H23N3O5S/c1-3-6-16-11(19)7-17-12(20)8-23-14(22)10-9-24-15(2)5-4-13(21)18(10)15/h10H,3-9H2,1-2H3,(H,16,19)(H,17,20)/t10-,15-/m1/s1. The van der Waals surface area contributed by atoms with Crippen LogP contribution in [0.2, 0.25) is 0 Å². The average molecular weight is 357 g/mol. The van der Waals surface area contributed by atoms with Crippen molar-refractivity contribution in [3.63, 3.8) is 0 Å². The third kappa shape index (κ3) is 4.19. The molecule has 2 aliphatic heterocycles. The molecule has 0 aromatic rings. The normalized spacial score (nSPS) is 25.3. The van der Waals surface area contributed by atoms with Gasteiger partial charge in [0.2, 0.25) is 11.8 Å². The van der Waals surface area contributed by atoms with E-state index in [1.165, 1.54) is 0 Å². The van der Waals surface area contributed by atoms with Crippen molar-refractivity contribution in [3.05, 3.63) is 0 Å². The number of hydrogen-bond donors (Lipinski definition) is 2. The maximum absolute atomic E-state index is 12.2. The van der Waals surface area contributed by atoms with Crippen molar-refractivity contribution in [1.29, 1.82) is 0 Å². The van der Waals surface area contributed by atoms with Crippen LogP contribution in [0.15, 0.2) is 0 Å². The van der Waals surface area contributed by atoms with E-state index in [4.69, 9.17) is 4.74 Å². The van der Waals surface area contributed by atoms with E-state index in [1.807, 2.05) is 13.8 Å². The SMILES string of the molecule is CCCNC(=O)CNC(=O)COC(=O)[C@H]1CS[C@]2(C)CCC(=O)N12. The minimum absolute atomic E-state index is 0.0542. The van der Waals surface area contributed by atoms with Gasteiger partial charge in [-0.2, -0.15) is 0 Å². The molecule has 24 heavy (non-hydrogen) atoms. The Morgan fingerprint density at radius 2 is 2.08 bits per heavy atom. The Bertz CT molecular complexity index is 541. The van der Waals surface area contributed by atoms with Crippen LogP contribution in [0.25, 0.3) is 0 Å². The summed E-state index contributed by atoms with van der Waals surface area (Å²) >= 11 is 1.56.